The lowest BCUT2D eigenvalue weighted by Crippen LogP contribution is -2.40. The topological polar surface area (TPSA) is 94.0 Å². The first-order valence-electron chi connectivity index (χ1n) is 3.87. The van der Waals surface area contributed by atoms with E-state index in [1.165, 1.54) is 0 Å². The van der Waals surface area contributed by atoms with Gasteiger partial charge in [0.1, 0.15) is 6.04 Å². The molecular formula is C7H9N3O3. The summed E-state index contributed by atoms with van der Waals surface area (Å²) < 4.78 is 0. The first-order valence-corrected chi connectivity index (χ1v) is 3.87. The monoisotopic (exact) mass is 183 g/mol. The second kappa shape index (κ2) is 3.82. The molecule has 1 aliphatic rings. The highest BCUT2D eigenvalue weighted by Gasteiger charge is 2.34. The van der Waals surface area contributed by atoms with Crippen LogP contribution in [0.4, 0.5) is 4.79 Å². The third kappa shape index (κ3) is 1.91. The van der Waals surface area contributed by atoms with Gasteiger partial charge in [0.05, 0.1) is 0 Å². The predicted octanol–water partition coefficient (Wildman–Crippen LogP) is -0.00150. The van der Waals surface area contributed by atoms with Crippen LogP contribution < -0.4 is 0 Å². The Labute approximate surface area is 74.4 Å². The van der Waals surface area contributed by atoms with Crippen LogP contribution >= 0.6 is 0 Å². The number of carbonyl (C=O) groups excluding carboxylic acids is 1. The fourth-order valence-corrected chi connectivity index (χ4v) is 1.43. The van der Waals surface area contributed by atoms with Crippen LogP contribution in [-0.2, 0) is 4.79 Å². The summed E-state index contributed by atoms with van der Waals surface area (Å²) in [6.07, 6.45) is 0.799. The van der Waals surface area contributed by atoms with Crippen molar-refractivity contribution in [3.63, 3.8) is 0 Å². The number of rotatable bonds is 2. The molecule has 0 saturated carbocycles. The van der Waals surface area contributed by atoms with Crippen molar-refractivity contribution in [2.24, 2.45) is 0 Å². The number of hydrogen-bond acceptors (Lipinski definition) is 2. The van der Waals surface area contributed by atoms with Gasteiger partial charge in [0.2, 0.25) is 0 Å². The smallest absolute Gasteiger partial charge is 0.407 e. The van der Waals surface area contributed by atoms with Gasteiger partial charge in [-0.05, 0) is 12.8 Å². The first-order chi connectivity index (χ1) is 6.16. The van der Waals surface area contributed by atoms with Crippen molar-refractivity contribution < 1.29 is 19.5 Å². The van der Waals surface area contributed by atoms with E-state index in [1.807, 2.05) is 0 Å². The molecule has 6 heteroatoms. The summed E-state index contributed by atoms with van der Waals surface area (Å²) in [5.41, 5.74) is 8.10. The summed E-state index contributed by atoms with van der Waals surface area (Å²) in [6.45, 7) is 0.366. The van der Waals surface area contributed by atoms with Gasteiger partial charge in [0, 0.05) is 6.54 Å². The first kappa shape index (κ1) is 9.41. The zero-order valence-electron chi connectivity index (χ0n) is 6.88. The lowest BCUT2D eigenvalue weighted by Gasteiger charge is -2.16. The highest BCUT2D eigenvalue weighted by Crippen LogP contribution is 2.17. The molecule has 6 nitrogen and oxygen atoms in total. The standard InChI is InChI=1S/C7H9N3O3/c8-9-4-6(11)5-2-1-3-10(5)7(12)13/h4-5H,1-3H2,(H,12,13)/t5-/m0/s1. The molecule has 0 radical (unpaired) electrons. The van der Waals surface area contributed by atoms with Crippen LogP contribution in [0.15, 0.2) is 0 Å². The van der Waals surface area contributed by atoms with Gasteiger partial charge in [-0.3, -0.25) is 9.69 Å². The fourth-order valence-electron chi connectivity index (χ4n) is 1.43. The quantitative estimate of drug-likeness (QED) is 0.371. The van der Waals surface area contributed by atoms with Gasteiger partial charge in [0.15, 0.2) is 0 Å². The molecule has 0 spiro atoms. The molecule has 0 aliphatic carbocycles. The molecule has 1 saturated heterocycles. The Balaban J connectivity index is 2.73. The van der Waals surface area contributed by atoms with Gasteiger partial charge >= 0.3 is 12.3 Å². The number of Topliss-reactive ketones (excluding diaryl/α,β-unsaturated/α-hetero) is 1. The second-order valence-corrected chi connectivity index (χ2v) is 2.78. The molecular weight excluding hydrogens is 174 g/mol. The Morgan fingerprint density at radius 3 is 2.85 bits per heavy atom. The molecule has 0 bridgehead atoms. The summed E-state index contributed by atoms with van der Waals surface area (Å²) in [5.74, 6) is -0.470. The van der Waals surface area contributed by atoms with Crippen LogP contribution in [0, 0.1) is 0 Å². The molecule has 1 atom stereocenters. The van der Waals surface area contributed by atoms with E-state index < -0.39 is 17.9 Å². The molecule has 0 aromatic heterocycles. The van der Waals surface area contributed by atoms with Crippen molar-refractivity contribution in [3.8, 4) is 0 Å². The molecule has 1 N–H and O–H groups in total. The number of likely N-dealkylation sites (tertiary alicyclic amines) is 1. The van der Waals surface area contributed by atoms with Crippen LogP contribution in [0.1, 0.15) is 12.8 Å². The van der Waals surface area contributed by atoms with E-state index in [4.69, 9.17) is 10.6 Å². The average molecular weight is 183 g/mol. The van der Waals surface area contributed by atoms with Crippen LogP contribution in [0.2, 0.25) is 0 Å². The van der Waals surface area contributed by atoms with Gasteiger partial charge in [-0.25, -0.2) is 4.79 Å². The Morgan fingerprint density at radius 2 is 2.31 bits per heavy atom. The lowest BCUT2D eigenvalue weighted by atomic mass is 10.1. The molecule has 1 fully saturated rings. The van der Waals surface area contributed by atoms with Crippen molar-refractivity contribution in [2.45, 2.75) is 18.9 Å². The SMILES string of the molecule is [N-]=[N+]=CC(=O)[C@@H]1CCCN1C(=O)O. The van der Waals surface area contributed by atoms with E-state index in [-0.39, 0.29) is 0 Å². The van der Waals surface area contributed by atoms with E-state index in [2.05, 4.69) is 4.79 Å². The summed E-state index contributed by atoms with van der Waals surface area (Å²) in [6, 6.07) is -0.673. The number of ketones is 1. The Kier molecular flexibility index (Phi) is 2.76. The minimum absolute atomic E-state index is 0.366. The Morgan fingerprint density at radius 1 is 1.62 bits per heavy atom. The van der Waals surface area contributed by atoms with Crippen molar-refractivity contribution in [3.05, 3.63) is 5.53 Å². The van der Waals surface area contributed by atoms with Crippen molar-refractivity contribution in [1.29, 1.82) is 0 Å². The maximum Gasteiger partial charge on any atom is 0.407 e. The molecule has 1 heterocycles. The maximum atomic E-state index is 11.1. The number of amides is 1. The zero-order chi connectivity index (χ0) is 9.84. The highest BCUT2D eigenvalue weighted by molar-refractivity contribution is 6.28. The molecule has 0 aromatic rings. The third-order valence-corrected chi connectivity index (χ3v) is 2.01. The average Bonchev–Trinajstić information content (AvgIpc) is 2.52. The number of hydrogen-bond donors (Lipinski definition) is 1. The number of nitrogens with zero attached hydrogens (tertiary/aromatic N) is 3. The van der Waals surface area contributed by atoms with E-state index in [9.17, 15) is 9.59 Å². The zero-order valence-corrected chi connectivity index (χ0v) is 6.88. The number of carboxylic acid groups (broad SMARTS) is 1. The molecule has 1 rings (SSSR count). The minimum Gasteiger partial charge on any atom is -0.465 e. The third-order valence-electron chi connectivity index (χ3n) is 2.01. The van der Waals surface area contributed by atoms with Gasteiger partial charge in [-0.15, -0.1) is 0 Å². The summed E-state index contributed by atoms with van der Waals surface area (Å²) in [5, 5.41) is 8.67. The van der Waals surface area contributed by atoms with E-state index in [1.54, 1.807) is 0 Å². The largest absolute Gasteiger partial charge is 0.465 e. The van der Waals surface area contributed by atoms with E-state index >= 15 is 0 Å². The lowest BCUT2D eigenvalue weighted by molar-refractivity contribution is -0.119. The molecule has 0 unspecified atom stereocenters. The number of carbonyl (C=O) groups is 2. The van der Waals surface area contributed by atoms with Crippen LogP contribution in [0.5, 0.6) is 0 Å². The van der Waals surface area contributed by atoms with Gasteiger partial charge in [0.25, 0.3) is 5.78 Å². The van der Waals surface area contributed by atoms with Crippen LogP contribution in [0.3, 0.4) is 0 Å². The van der Waals surface area contributed by atoms with Crippen molar-refractivity contribution >= 4 is 18.1 Å². The maximum absolute atomic E-state index is 11.1. The van der Waals surface area contributed by atoms with Gasteiger partial charge < -0.3 is 10.6 Å². The summed E-state index contributed by atoms with van der Waals surface area (Å²) >= 11 is 0. The molecule has 0 aromatic carbocycles. The Bertz CT molecular complexity index is 283. The van der Waals surface area contributed by atoms with Crippen LogP contribution in [-0.4, -0.2) is 45.5 Å². The Hall–Kier alpha value is -1.68. The van der Waals surface area contributed by atoms with Gasteiger partial charge in [-0.2, -0.15) is 4.79 Å². The van der Waals surface area contributed by atoms with Crippen molar-refractivity contribution in [2.75, 3.05) is 6.54 Å². The predicted molar refractivity (Wildman–Crippen MR) is 42.4 cm³/mol. The normalized spacial score (nSPS) is 20.9. The van der Waals surface area contributed by atoms with Gasteiger partial charge in [-0.1, -0.05) is 0 Å². The highest BCUT2D eigenvalue weighted by atomic mass is 16.4. The second-order valence-electron chi connectivity index (χ2n) is 2.78. The van der Waals surface area contributed by atoms with E-state index in [0.717, 1.165) is 11.1 Å². The van der Waals surface area contributed by atoms with Crippen LogP contribution in [0.25, 0.3) is 5.53 Å². The molecule has 1 amide bonds. The molecule has 13 heavy (non-hydrogen) atoms. The summed E-state index contributed by atoms with van der Waals surface area (Å²) in [7, 11) is 0. The van der Waals surface area contributed by atoms with Crippen molar-refractivity contribution in [1.82, 2.24) is 4.90 Å². The minimum atomic E-state index is -1.11. The fraction of sp³-hybridized carbons (Fsp3) is 0.571. The van der Waals surface area contributed by atoms with E-state index in [0.29, 0.717) is 19.4 Å². The summed E-state index contributed by atoms with van der Waals surface area (Å²) in [4.78, 5) is 25.4. The molecule has 70 valence electrons. The molecule has 1 aliphatic heterocycles.